The van der Waals surface area contributed by atoms with Crippen molar-refractivity contribution in [2.75, 3.05) is 13.2 Å². The zero-order valence-electron chi connectivity index (χ0n) is 19.4. The Hall–Kier alpha value is -3.09. The van der Waals surface area contributed by atoms with Crippen LogP contribution in [0.15, 0.2) is 54.6 Å². The number of nitrogens with one attached hydrogen (secondary N) is 1. The molecule has 6 nitrogen and oxygen atoms in total. The number of hydrogen-bond donors (Lipinski definition) is 1. The summed E-state index contributed by atoms with van der Waals surface area (Å²) in [7, 11) is 5.31. The van der Waals surface area contributed by atoms with Crippen LogP contribution in [0, 0.1) is 5.92 Å². The summed E-state index contributed by atoms with van der Waals surface area (Å²) in [6.07, 6.45) is 1.23. The van der Waals surface area contributed by atoms with Crippen molar-refractivity contribution in [1.82, 2.24) is 5.32 Å². The summed E-state index contributed by atoms with van der Waals surface area (Å²) >= 11 is 0. The molecule has 0 saturated heterocycles. The quantitative estimate of drug-likeness (QED) is 0.371. The molecule has 0 saturated carbocycles. The lowest BCUT2D eigenvalue weighted by molar-refractivity contribution is -0.148. The molecule has 0 heterocycles. The summed E-state index contributed by atoms with van der Waals surface area (Å²) in [5.41, 5.74) is 3.28. The van der Waals surface area contributed by atoms with Crippen LogP contribution in [-0.4, -0.2) is 44.9 Å². The molecule has 0 aliphatic heterocycles. The molecule has 174 valence electrons. The van der Waals surface area contributed by atoms with Crippen molar-refractivity contribution >= 4 is 25.7 Å². The Morgan fingerprint density at radius 1 is 0.939 bits per heavy atom. The highest BCUT2D eigenvalue weighted by atomic mass is 16.5. The summed E-state index contributed by atoms with van der Waals surface area (Å²) in [4.78, 5) is 36.3. The largest absolute Gasteiger partial charge is 0.466 e. The zero-order valence-corrected chi connectivity index (χ0v) is 19.4. The third-order valence-corrected chi connectivity index (χ3v) is 5.17. The minimum atomic E-state index is -0.455. The maximum atomic E-state index is 12.5. The Kier molecular flexibility index (Phi) is 11.2. The van der Waals surface area contributed by atoms with E-state index in [1.165, 1.54) is 0 Å². The van der Waals surface area contributed by atoms with Crippen LogP contribution in [0.25, 0.3) is 11.1 Å². The number of rotatable bonds is 13. The second-order valence-corrected chi connectivity index (χ2v) is 7.93. The normalized spacial score (nSPS) is 12.4. The van der Waals surface area contributed by atoms with E-state index >= 15 is 0 Å². The monoisotopic (exact) mass is 449 g/mol. The highest BCUT2D eigenvalue weighted by Crippen LogP contribution is 2.21. The molecule has 2 radical (unpaired) electrons. The van der Waals surface area contributed by atoms with Crippen molar-refractivity contribution in [2.24, 2.45) is 5.92 Å². The van der Waals surface area contributed by atoms with Crippen molar-refractivity contribution in [2.45, 2.75) is 51.9 Å². The fourth-order valence-electron chi connectivity index (χ4n) is 3.51. The first-order valence-electron chi connectivity index (χ1n) is 11.4. The van der Waals surface area contributed by atoms with Gasteiger partial charge in [-0.1, -0.05) is 67.8 Å². The number of carbonyl (C=O) groups excluding carboxylic acids is 3. The topological polar surface area (TPSA) is 81.7 Å². The van der Waals surface area contributed by atoms with Gasteiger partial charge < -0.3 is 14.8 Å². The average Bonchev–Trinajstić information content (AvgIpc) is 2.82. The molecule has 2 aromatic rings. The van der Waals surface area contributed by atoms with E-state index in [0.29, 0.717) is 19.4 Å². The third kappa shape index (κ3) is 9.52. The molecule has 2 atom stereocenters. The van der Waals surface area contributed by atoms with Gasteiger partial charge in [0.05, 0.1) is 33.4 Å². The lowest BCUT2D eigenvalue weighted by atomic mass is 9.94. The van der Waals surface area contributed by atoms with Crippen molar-refractivity contribution < 1.29 is 23.9 Å². The van der Waals surface area contributed by atoms with Gasteiger partial charge in [-0.2, -0.15) is 0 Å². The van der Waals surface area contributed by atoms with Gasteiger partial charge >= 0.3 is 11.9 Å². The first kappa shape index (κ1) is 26.2. The van der Waals surface area contributed by atoms with E-state index in [-0.39, 0.29) is 49.6 Å². The highest BCUT2D eigenvalue weighted by Gasteiger charge is 2.22. The first-order valence-corrected chi connectivity index (χ1v) is 11.4. The number of benzene rings is 2. The fourth-order valence-corrected chi connectivity index (χ4v) is 3.51. The van der Waals surface area contributed by atoms with Gasteiger partial charge in [-0.25, -0.2) is 0 Å². The van der Waals surface area contributed by atoms with E-state index in [9.17, 15) is 14.4 Å². The Morgan fingerprint density at radius 2 is 1.61 bits per heavy atom. The molecule has 2 aromatic carbocycles. The van der Waals surface area contributed by atoms with E-state index in [1.807, 2.05) is 42.5 Å². The Bertz CT molecular complexity index is 885. The number of carbonyl (C=O) groups is 3. The minimum Gasteiger partial charge on any atom is -0.466 e. The molecule has 1 unspecified atom stereocenters. The molecule has 0 aliphatic rings. The van der Waals surface area contributed by atoms with Crippen molar-refractivity contribution in [3.8, 4) is 11.1 Å². The first-order chi connectivity index (χ1) is 15.9. The van der Waals surface area contributed by atoms with Gasteiger partial charge in [0.1, 0.15) is 0 Å². The molecule has 0 bridgehead atoms. The molecule has 0 aliphatic carbocycles. The average molecular weight is 449 g/mol. The van der Waals surface area contributed by atoms with E-state index in [0.717, 1.165) is 16.7 Å². The van der Waals surface area contributed by atoms with Gasteiger partial charge in [0, 0.05) is 12.5 Å². The summed E-state index contributed by atoms with van der Waals surface area (Å²) in [5, 5.41) is 2.97. The summed E-state index contributed by atoms with van der Waals surface area (Å²) in [5.74, 6) is -1.37. The highest BCUT2D eigenvalue weighted by molar-refractivity contribution is 6.08. The van der Waals surface area contributed by atoms with Crippen LogP contribution >= 0.6 is 0 Å². The van der Waals surface area contributed by atoms with Crippen LogP contribution in [0.3, 0.4) is 0 Å². The van der Waals surface area contributed by atoms with Crippen LogP contribution in [0.2, 0.25) is 6.32 Å². The SMILES string of the molecule is [B]CCOC(=O)CCC(=O)NC(Cc1ccc(-c2ccccc2)cc1)C[C@@H](C)C(=O)OCC. The number of esters is 2. The lowest BCUT2D eigenvalue weighted by Crippen LogP contribution is -2.39. The van der Waals surface area contributed by atoms with Gasteiger partial charge in [0.25, 0.3) is 0 Å². The summed E-state index contributed by atoms with van der Waals surface area (Å²) in [6.45, 7) is 4.01. The second-order valence-electron chi connectivity index (χ2n) is 7.93. The predicted molar refractivity (Wildman–Crippen MR) is 129 cm³/mol. The zero-order chi connectivity index (χ0) is 24.1. The van der Waals surface area contributed by atoms with Gasteiger partial charge in [-0.3, -0.25) is 14.4 Å². The van der Waals surface area contributed by atoms with E-state index in [2.05, 4.69) is 17.4 Å². The number of amides is 1. The maximum Gasteiger partial charge on any atom is 0.308 e. The van der Waals surface area contributed by atoms with Crippen LogP contribution in [0.1, 0.15) is 38.7 Å². The predicted octanol–water partition coefficient (Wildman–Crippen LogP) is 3.88. The molecule has 1 amide bonds. The standard InChI is InChI=1S/C26H32BNO5/c1-3-32-26(31)19(2)17-23(28-24(29)13-14-25(30)33-16-15-27)18-20-9-11-22(12-10-20)21-7-5-4-6-8-21/h4-12,19,23H,3,13-18H2,1-2H3,(H,28,29)/t19-,23?/m1/s1. The van der Waals surface area contributed by atoms with Gasteiger partial charge in [-0.05, 0) is 36.5 Å². The Labute approximate surface area is 197 Å². The molecule has 33 heavy (non-hydrogen) atoms. The van der Waals surface area contributed by atoms with Gasteiger partial charge in [-0.15, -0.1) is 0 Å². The lowest BCUT2D eigenvalue weighted by Gasteiger charge is -2.22. The van der Waals surface area contributed by atoms with E-state index in [4.69, 9.17) is 17.3 Å². The number of hydrogen-bond acceptors (Lipinski definition) is 5. The molecule has 2 rings (SSSR count). The van der Waals surface area contributed by atoms with Crippen molar-refractivity contribution in [3.05, 3.63) is 60.2 Å². The van der Waals surface area contributed by atoms with Gasteiger partial charge in [0.15, 0.2) is 0 Å². The fraction of sp³-hybridized carbons (Fsp3) is 0.423. The Morgan fingerprint density at radius 3 is 2.24 bits per heavy atom. The minimum absolute atomic E-state index is 0.0145. The molecular formula is C26H32BNO5. The second kappa shape index (κ2) is 14.1. The van der Waals surface area contributed by atoms with E-state index < -0.39 is 5.97 Å². The molecule has 0 aromatic heterocycles. The van der Waals surface area contributed by atoms with Crippen LogP contribution in [-0.2, 0) is 30.3 Å². The summed E-state index contributed by atoms with van der Waals surface area (Å²) in [6, 6.07) is 18.0. The summed E-state index contributed by atoms with van der Waals surface area (Å²) < 4.78 is 10.0. The van der Waals surface area contributed by atoms with Gasteiger partial charge in [0.2, 0.25) is 5.91 Å². The molecular weight excluding hydrogens is 417 g/mol. The maximum absolute atomic E-state index is 12.5. The molecule has 1 N–H and O–H groups in total. The van der Waals surface area contributed by atoms with E-state index in [1.54, 1.807) is 13.8 Å². The van der Waals surface area contributed by atoms with Crippen LogP contribution in [0.5, 0.6) is 0 Å². The third-order valence-electron chi connectivity index (χ3n) is 5.17. The Balaban J connectivity index is 2.03. The molecule has 0 spiro atoms. The van der Waals surface area contributed by atoms with Crippen LogP contribution in [0.4, 0.5) is 0 Å². The van der Waals surface area contributed by atoms with Crippen molar-refractivity contribution in [3.63, 3.8) is 0 Å². The molecule has 0 fully saturated rings. The van der Waals surface area contributed by atoms with Crippen LogP contribution < -0.4 is 5.32 Å². The number of ether oxygens (including phenoxy) is 2. The smallest absolute Gasteiger partial charge is 0.308 e. The van der Waals surface area contributed by atoms with Crippen molar-refractivity contribution in [1.29, 1.82) is 0 Å². The molecule has 7 heteroatoms.